The summed E-state index contributed by atoms with van der Waals surface area (Å²) in [4.78, 5) is 0. The van der Waals surface area contributed by atoms with Gasteiger partial charge in [-0.05, 0) is 11.1 Å². The summed E-state index contributed by atoms with van der Waals surface area (Å²) in [6, 6.07) is -1.18. The Balaban J connectivity index is 3.55. The quantitative estimate of drug-likeness (QED) is 0.637. The maximum absolute atomic E-state index is 8.84. The molecule has 1 aromatic rings. The lowest BCUT2D eigenvalue weighted by molar-refractivity contribution is 0.278. The lowest BCUT2D eigenvalue weighted by atomic mass is 10.1. The van der Waals surface area contributed by atoms with Gasteiger partial charge in [0, 0.05) is 0 Å². The lowest BCUT2D eigenvalue weighted by Gasteiger charge is -1.96. The standard InChI is InChI=1S/C8H10O2/c9-5-7-1-2-8(6-10)4-3-7/h1-4,9-10H,5-6H2/i1D,2D,3D,4D. The second kappa shape index (κ2) is 3.34. The monoisotopic (exact) mass is 142 g/mol. The van der Waals surface area contributed by atoms with Gasteiger partial charge in [0.25, 0.3) is 0 Å². The van der Waals surface area contributed by atoms with Crippen molar-refractivity contribution >= 4 is 0 Å². The van der Waals surface area contributed by atoms with Gasteiger partial charge in [0.2, 0.25) is 0 Å². The van der Waals surface area contributed by atoms with Gasteiger partial charge in [0.1, 0.15) is 0 Å². The second-order valence-electron chi connectivity index (χ2n) is 1.77. The number of hydrogen-bond donors (Lipinski definition) is 2. The van der Waals surface area contributed by atoms with Crippen LogP contribution >= 0.6 is 0 Å². The van der Waals surface area contributed by atoms with Crippen molar-refractivity contribution < 1.29 is 15.7 Å². The molecular weight excluding hydrogens is 128 g/mol. The smallest absolute Gasteiger partial charge is 0.0681 e. The van der Waals surface area contributed by atoms with E-state index in [1.807, 2.05) is 0 Å². The molecule has 54 valence electrons. The van der Waals surface area contributed by atoms with E-state index in [9.17, 15) is 0 Å². The van der Waals surface area contributed by atoms with Gasteiger partial charge in [0.15, 0.2) is 0 Å². The van der Waals surface area contributed by atoms with E-state index in [2.05, 4.69) is 0 Å². The van der Waals surface area contributed by atoms with Crippen LogP contribution in [0.15, 0.2) is 24.2 Å². The molecule has 0 radical (unpaired) electrons. The Morgan fingerprint density at radius 1 is 1.00 bits per heavy atom. The number of aliphatic hydroxyl groups is 2. The third-order valence-electron chi connectivity index (χ3n) is 1.04. The van der Waals surface area contributed by atoms with Crippen molar-refractivity contribution in [3.05, 3.63) is 35.3 Å². The molecule has 0 spiro atoms. The first kappa shape index (κ1) is 3.51. The van der Waals surface area contributed by atoms with E-state index in [4.69, 9.17) is 15.7 Å². The highest BCUT2D eigenvalue weighted by atomic mass is 16.3. The highest BCUT2D eigenvalue weighted by Crippen LogP contribution is 2.03. The van der Waals surface area contributed by atoms with E-state index in [0.717, 1.165) is 0 Å². The minimum absolute atomic E-state index is 0.0443. The molecule has 2 heteroatoms. The molecule has 0 aromatic heterocycles. The number of hydrogen-bond acceptors (Lipinski definition) is 2. The Kier molecular flexibility index (Phi) is 1.17. The maximum atomic E-state index is 8.84. The summed E-state index contributed by atoms with van der Waals surface area (Å²) >= 11 is 0. The average Bonchev–Trinajstić information content (AvgIpc) is 2.17. The van der Waals surface area contributed by atoms with Gasteiger partial charge in [-0.3, -0.25) is 0 Å². The zero-order chi connectivity index (χ0) is 10.9. The van der Waals surface area contributed by atoms with Gasteiger partial charge in [-0.2, -0.15) is 0 Å². The molecule has 0 aliphatic carbocycles. The maximum Gasteiger partial charge on any atom is 0.0681 e. The molecule has 0 saturated heterocycles. The summed E-state index contributed by atoms with van der Waals surface area (Å²) in [5.74, 6) is 0. The third-order valence-corrected chi connectivity index (χ3v) is 1.04. The summed E-state index contributed by atoms with van der Waals surface area (Å²) in [5, 5.41) is 17.7. The Morgan fingerprint density at radius 2 is 1.30 bits per heavy atom. The molecule has 1 rings (SSSR count). The lowest BCUT2D eigenvalue weighted by Crippen LogP contribution is -1.85. The van der Waals surface area contributed by atoms with Crippen molar-refractivity contribution in [2.45, 2.75) is 13.2 Å². The molecule has 0 bridgehead atoms. The van der Waals surface area contributed by atoms with Gasteiger partial charge < -0.3 is 10.2 Å². The van der Waals surface area contributed by atoms with Crippen molar-refractivity contribution in [1.82, 2.24) is 0 Å². The van der Waals surface area contributed by atoms with Crippen molar-refractivity contribution in [1.29, 1.82) is 0 Å². The summed E-state index contributed by atoms with van der Waals surface area (Å²) in [5.41, 5.74) is -0.0885. The predicted octanol–water partition coefficient (Wildman–Crippen LogP) is 0.671. The van der Waals surface area contributed by atoms with E-state index < -0.39 is 13.2 Å². The van der Waals surface area contributed by atoms with Gasteiger partial charge in [-0.15, -0.1) is 0 Å². The largest absolute Gasteiger partial charge is 0.392 e. The van der Waals surface area contributed by atoms with Crippen molar-refractivity contribution in [3.8, 4) is 0 Å². The fourth-order valence-electron chi connectivity index (χ4n) is 0.522. The van der Waals surface area contributed by atoms with Crippen LogP contribution in [0.1, 0.15) is 16.6 Å². The van der Waals surface area contributed by atoms with E-state index in [1.165, 1.54) is 0 Å². The molecule has 2 nitrogen and oxygen atoms in total. The number of benzene rings is 1. The van der Waals surface area contributed by atoms with Crippen molar-refractivity contribution in [2.75, 3.05) is 0 Å². The SMILES string of the molecule is [2H]c1c([2H])c(CO)c([2H])c([2H])c1CO. The van der Waals surface area contributed by atoms with Gasteiger partial charge in [-0.1, -0.05) is 24.2 Å². The Morgan fingerprint density at radius 3 is 1.50 bits per heavy atom. The van der Waals surface area contributed by atoms with Crippen LogP contribution in [-0.2, 0) is 13.2 Å². The molecule has 0 fully saturated rings. The molecule has 0 amide bonds. The van der Waals surface area contributed by atoms with Crippen molar-refractivity contribution in [3.63, 3.8) is 0 Å². The molecule has 1 aromatic carbocycles. The normalized spacial score (nSPS) is 15.4. The first-order valence-electron chi connectivity index (χ1n) is 4.84. The Labute approximate surface area is 65.4 Å². The van der Waals surface area contributed by atoms with Crippen LogP contribution < -0.4 is 0 Å². The van der Waals surface area contributed by atoms with Crippen molar-refractivity contribution in [2.24, 2.45) is 0 Å². The molecule has 0 saturated carbocycles. The second-order valence-corrected chi connectivity index (χ2v) is 1.77. The average molecular weight is 142 g/mol. The first-order valence-corrected chi connectivity index (χ1v) is 2.84. The fraction of sp³-hybridized carbons (Fsp3) is 0.250. The van der Waals surface area contributed by atoms with Gasteiger partial charge >= 0.3 is 0 Å². The van der Waals surface area contributed by atoms with Crippen LogP contribution in [0.3, 0.4) is 0 Å². The molecule has 0 aliphatic rings. The zero-order valence-corrected chi connectivity index (χ0v) is 5.31. The Hall–Kier alpha value is -0.860. The van der Waals surface area contributed by atoms with E-state index in [-0.39, 0.29) is 35.3 Å². The highest BCUT2D eigenvalue weighted by Gasteiger charge is 1.89. The fourth-order valence-corrected chi connectivity index (χ4v) is 0.522. The highest BCUT2D eigenvalue weighted by molar-refractivity contribution is 5.21. The molecule has 2 N–H and O–H groups in total. The molecule has 0 aliphatic heterocycles. The topological polar surface area (TPSA) is 40.5 Å². The van der Waals surface area contributed by atoms with E-state index in [0.29, 0.717) is 0 Å². The van der Waals surface area contributed by atoms with E-state index in [1.54, 1.807) is 0 Å². The van der Waals surface area contributed by atoms with Crippen LogP contribution in [0, 0.1) is 0 Å². The van der Waals surface area contributed by atoms with Gasteiger partial charge in [-0.25, -0.2) is 0 Å². The van der Waals surface area contributed by atoms with Gasteiger partial charge in [0.05, 0.1) is 18.7 Å². The predicted molar refractivity (Wildman–Crippen MR) is 38.3 cm³/mol. The molecule has 10 heavy (non-hydrogen) atoms. The molecule has 0 heterocycles. The van der Waals surface area contributed by atoms with Crippen LogP contribution in [0.2, 0.25) is 0 Å². The van der Waals surface area contributed by atoms with Crippen LogP contribution in [-0.4, -0.2) is 10.2 Å². The van der Waals surface area contributed by atoms with E-state index >= 15 is 0 Å². The summed E-state index contributed by atoms with van der Waals surface area (Å²) in [6.45, 7) is -1.08. The minimum Gasteiger partial charge on any atom is -0.392 e. The summed E-state index contributed by atoms with van der Waals surface area (Å²) in [7, 11) is 0. The summed E-state index contributed by atoms with van der Waals surface area (Å²) < 4.78 is 29.7. The van der Waals surface area contributed by atoms with Crippen LogP contribution in [0.4, 0.5) is 0 Å². The Bertz CT molecular complexity index is 301. The molecule has 0 unspecified atom stereocenters. The molecule has 0 atom stereocenters. The third kappa shape index (κ3) is 1.56. The minimum atomic E-state index is -0.541. The number of rotatable bonds is 2. The van der Waals surface area contributed by atoms with Crippen LogP contribution in [0.5, 0.6) is 0 Å². The first-order chi connectivity index (χ1) is 6.54. The summed E-state index contributed by atoms with van der Waals surface area (Å²) in [6.07, 6.45) is 0. The molecular formula is C8H10O2. The number of aliphatic hydroxyl groups excluding tert-OH is 2. The zero-order valence-electron chi connectivity index (χ0n) is 9.31. The van der Waals surface area contributed by atoms with Crippen LogP contribution in [0.25, 0.3) is 0 Å².